The van der Waals surface area contributed by atoms with Crippen molar-refractivity contribution in [2.75, 3.05) is 26.2 Å². The Balaban J connectivity index is 2.04. The Bertz CT molecular complexity index is 498. The Kier molecular flexibility index (Phi) is 5.41. The van der Waals surface area contributed by atoms with Crippen LogP contribution in [-0.4, -0.2) is 42.5 Å². The fourth-order valence-corrected chi connectivity index (χ4v) is 3.27. The second kappa shape index (κ2) is 6.90. The van der Waals surface area contributed by atoms with Gasteiger partial charge >= 0.3 is 0 Å². The van der Waals surface area contributed by atoms with Gasteiger partial charge in [0.25, 0.3) is 0 Å². The van der Waals surface area contributed by atoms with Crippen LogP contribution in [0.2, 0.25) is 0 Å². The highest BCUT2D eigenvalue weighted by Gasteiger charge is 2.35. The summed E-state index contributed by atoms with van der Waals surface area (Å²) in [6.45, 7) is 9.72. The number of amides is 1. The molecule has 5 heteroatoms. The highest BCUT2D eigenvalue weighted by atomic mass is 79.9. The van der Waals surface area contributed by atoms with Gasteiger partial charge in [0.1, 0.15) is 0 Å². The molecule has 2 rings (SSSR count). The number of carbonyl (C=O) groups is 1. The maximum atomic E-state index is 12.7. The number of benzene rings is 1. The third-order valence-corrected chi connectivity index (χ3v) is 4.90. The van der Waals surface area contributed by atoms with Crippen LogP contribution in [0.1, 0.15) is 32.4 Å². The molecule has 0 bridgehead atoms. The lowest BCUT2D eigenvalue weighted by atomic mass is 9.99. The lowest BCUT2D eigenvalue weighted by Gasteiger charge is -2.40. The van der Waals surface area contributed by atoms with E-state index in [1.807, 2.05) is 45.0 Å². The zero-order chi connectivity index (χ0) is 15.5. The quantitative estimate of drug-likeness (QED) is 0.872. The Morgan fingerprint density at radius 1 is 1.33 bits per heavy atom. The average Bonchev–Trinajstić information content (AvgIpc) is 2.48. The van der Waals surface area contributed by atoms with Crippen molar-refractivity contribution < 1.29 is 4.79 Å². The van der Waals surface area contributed by atoms with Gasteiger partial charge in [-0.2, -0.15) is 0 Å². The van der Waals surface area contributed by atoms with Crippen molar-refractivity contribution in [2.45, 2.75) is 32.4 Å². The molecule has 0 radical (unpaired) electrons. The van der Waals surface area contributed by atoms with Gasteiger partial charge < -0.3 is 10.6 Å². The van der Waals surface area contributed by atoms with Gasteiger partial charge in [-0.1, -0.05) is 34.1 Å². The molecule has 1 atom stereocenters. The van der Waals surface area contributed by atoms with E-state index in [0.717, 1.165) is 36.2 Å². The summed E-state index contributed by atoms with van der Waals surface area (Å²) in [5.41, 5.74) is 0.611. The van der Waals surface area contributed by atoms with Gasteiger partial charge in [-0.25, -0.2) is 0 Å². The molecule has 0 saturated carbocycles. The van der Waals surface area contributed by atoms with Gasteiger partial charge in [-0.05, 0) is 32.4 Å². The van der Waals surface area contributed by atoms with E-state index in [4.69, 9.17) is 0 Å². The molecule has 0 aromatic heterocycles. The molecule has 1 heterocycles. The second-order valence-electron chi connectivity index (χ2n) is 6.01. The SMILES string of the molecule is C[C@@H](NC(=O)C(C)(C)N1CCNCC1)c1ccccc1Br. The van der Waals surface area contributed by atoms with Crippen molar-refractivity contribution in [1.29, 1.82) is 0 Å². The summed E-state index contributed by atoms with van der Waals surface area (Å²) in [6.07, 6.45) is 0. The van der Waals surface area contributed by atoms with E-state index in [0.29, 0.717) is 0 Å². The molecule has 4 nitrogen and oxygen atoms in total. The lowest BCUT2D eigenvalue weighted by molar-refractivity contribution is -0.132. The van der Waals surface area contributed by atoms with Crippen LogP contribution in [0.5, 0.6) is 0 Å². The van der Waals surface area contributed by atoms with E-state index in [-0.39, 0.29) is 11.9 Å². The Hall–Kier alpha value is -0.910. The van der Waals surface area contributed by atoms with Gasteiger partial charge in [-0.15, -0.1) is 0 Å². The standard InChI is InChI=1S/C16H24BrN3O/c1-12(13-6-4-5-7-14(13)17)19-15(21)16(2,3)20-10-8-18-9-11-20/h4-7,12,18H,8-11H2,1-3H3,(H,19,21)/t12-/m1/s1. The molecule has 0 aliphatic carbocycles. The molecule has 2 N–H and O–H groups in total. The van der Waals surface area contributed by atoms with Crippen molar-refractivity contribution in [3.05, 3.63) is 34.3 Å². The number of carbonyl (C=O) groups excluding carboxylic acids is 1. The molecular weight excluding hydrogens is 330 g/mol. The van der Waals surface area contributed by atoms with E-state index < -0.39 is 5.54 Å². The summed E-state index contributed by atoms with van der Waals surface area (Å²) in [5.74, 6) is 0.0765. The molecule has 0 unspecified atom stereocenters. The van der Waals surface area contributed by atoms with Gasteiger partial charge in [0, 0.05) is 30.7 Å². The smallest absolute Gasteiger partial charge is 0.240 e. The molecule has 1 amide bonds. The number of rotatable bonds is 4. The summed E-state index contributed by atoms with van der Waals surface area (Å²) in [5, 5.41) is 6.46. The average molecular weight is 354 g/mol. The van der Waals surface area contributed by atoms with Gasteiger partial charge in [-0.3, -0.25) is 9.69 Å². The molecule has 1 aromatic rings. The van der Waals surface area contributed by atoms with Crippen molar-refractivity contribution in [3.8, 4) is 0 Å². The number of hydrogen-bond acceptors (Lipinski definition) is 3. The van der Waals surface area contributed by atoms with Crippen LogP contribution in [-0.2, 0) is 4.79 Å². The molecule has 1 fully saturated rings. The first-order valence-corrected chi connectivity index (χ1v) is 8.23. The van der Waals surface area contributed by atoms with Gasteiger partial charge in [0.2, 0.25) is 5.91 Å². The summed E-state index contributed by atoms with van der Waals surface area (Å²) >= 11 is 3.54. The van der Waals surface area contributed by atoms with Crippen molar-refractivity contribution in [3.63, 3.8) is 0 Å². The van der Waals surface area contributed by atoms with Crippen LogP contribution in [0, 0.1) is 0 Å². The fourth-order valence-electron chi connectivity index (χ4n) is 2.64. The monoisotopic (exact) mass is 353 g/mol. The number of hydrogen-bond donors (Lipinski definition) is 2. The van der Waals surface area contributed by atoms with Crippen LogP contribution in [0.25, 0.3) is 0 Å². The van der Waals surface area contributed by atoms with E-state index >= 15 is 0 Å². The molecule has 1 aliphatic rings. The maximum Gasteiger partial charge on any atom is 0.240 e. The lowest BCUT2D eigenvalue weighted by Crippen LogP contribution is -2.60. The van der Waals surface area contributed by atoms with Crippen LogP contribution in [0.3, 0.4) is 0 Å². The highest BCUT2D eigenvalue weighted by Crippen LogP contribution is 2.24. The maximum absolute atomic E-state index is 12.7. The topological polar surface area (TPSA) is 44.4 Å². The zero-order valence-electron chi connectivity index (χ0n) is 12.9. The first-order valence-electron chi connectivity index (χ1n) is 7.44. The number of nitrogens with one attached hydrogen (secondary N) is 2. The van der Waals surface area contributed by atoms with Gasteiger partial charge in [0.05, 0.1) is 11.6 Å². The van der Waals surface area contributed by atoms with Crippen LogP contribution >= 0.6 is 15.9 Å². The van der Waals surface area contributed by atoms with E-state index in [1.54, 1.807) is 0 Å². The van der Waals surface area contributed by atoms with Gasteiger partial charge in [0.15, 0.2) is 0 Å². The minimum absolute atomic E-state index is 0.0183. The number of halogens is 1. The minimum atomic E-state index is -0.488. The van der Waals surface area contributed by atoms with Crippen molar-refractivity contribution in [1.82, 2.24) is 15.5 Å². The van der Waals surface area contributed by atoms with Crippen LogP contribution < -0.4 is 10.6 Å². The molecule has 1 aromatic carbocycles. The first-order chi connectivity index (χ1) is 9.93. The van der Waals surface area contributed by atoms with Crippen LogP contribution in [0.4, 0.5) is 0 Å². The summed E-state index contributed by atoms with van der Waals surface area (Å²) < 4.78 is 1.03. The molecule has 1 aliphatic heterocycles. The van der Waals surface area contributed by atoms with Crippen molar-refractivity contribution in [2.24, 2.45) is 0 Å². The Morgan fingerprint density at radius 3 is 2.57 bits per heavy atom. The zero-order valence-corrected chi connectivity index (χ0v) is 14.5. The predicted octanol–water partition coefficient (Wildman–Crippen LogP) is 2.31. The van der Waals surface area contributed by atoms with E-state index in [2.05, 4.69) is 31.5 Å². The summed E-state index contributed by atoms with van der Waals surface area (Å²) in [6, 6.07) is 7.98. The number of nitrogens with zero attached hydrogens (tertiary/aromatic N) is 1. The van der Waals surface area contributed by atoms with E-state index in [1.165, 1.54) is 0 Å². The normalized spacial score (nSPS) is 18.3. The van der Waals surface area contributed by atoms with Crippen LogP contribution in [0.15, 0.2) is 28.7 Å². The second-order valence-corrected chi connectivity index (χ2v) is 6.87. The molecule has 0 spiro atoms. The molecular formula is C16H24BrN3O. The first kappa shape index (κ1) is 16.5. The predicted molar refractivity (Wildman–Crippen MR) is 89.2 cm³/mol. The largest absolute Gasteiger partial charge is 0.348 e. The summed E-state index contributed by atoms with van der Waals surface area (Å²) in [7, 11) is 0. The Labute approximate surface area is 135 Å². The highest BCUT2D eigenvalue weighted by molar-refractivity contribution is 9.10. The fraction of sp³-hybridized carbons (Fsp3) is 0.562. The third kappa shape index (κ3) is 3.84. The molecule has 1 saturated heterocycles. The summed E-state index contributed by atoms with van der Waals surface area (Å²) in [4.78, 5) is 14.9. The molecule has 21 heavy (non-hydrogen) atoms. The molecule has 116 valence electrons. The Morgan fingerprint density at radius 2 is 1.95 bits per heavy atom. The van der Waals surface area contributed by atoms with E-state index in [9.17, 15) is 4.79 Å². The third-order valence-electron chi connectivity index (χ3n) is 4.18. The van der Waals surface area contributed by atoms with Crippen molar-refractivity contribution >= 4 is 21.8 Å². The number of piperazine rings is 1. The minimum Gasteiger partial charge on any atom is -0.348 e.